The first-order chi connectivity index (χ1) is 6.64. The zero-order chi connectivity index (χ0) is 10.4. The predicted molar refractivity (Wildman–Crippen MR) is 58.5 cm³/mol. The summed E-state index contributed by atoms with van der Waals surface area (Å²) in [7, 11) is 12.4. The van der Waals surface area contributed by atoms with Crippen LogP contribution in [0.15, 0.2) is 30.3 Å². The summed E-state index contributed by atoms with van der Waals surface area (Å²) in [5.74, 6) is 0.796. The van der Waals surface area contributed by atoms with Gasteiger partial charge in [-0.2, -0.15) is 0 Å². The van der Waals surface area contributed by atoms with Gasteiger partial charge in [-0.1, -0.05) is 0 Å². The van der Waals surface area contributed by atoms with Crippen molar-refractivity contribution in [2.45, 2.75) is 23.9 Å². The fraction of sp³-hybridized carbons (Fsp3) is 0.400. The van der Waals surface area contributed by atoms with Crippen molar-refractivity contribution in [1.82, 2.24) is 0 Å². The first kappa shape index (κ1) is 12.6. The molecule has 14 heavy (non-hydrogen) atoms. The Balaban J connectivity index is 2.50. The molecule has 0 aliphatic heterocycles. The van der Waals surface area contributed by atoms with Crippen molar-refractivity contribution in [1.29, 1.82) is 0 Å². The van der Waals surface area contributed by atoms with Crippen LogP contribution in [0.1, 0.15) is 19.8 Å². The van der Waals surface area contributed by atoms with Gasteiger partial charge < -0.3 is 0 Å². The predicted octanol–water partition coefficient (Wildman–Crippen LogP) is 4.66. The van der Waals surface area contributed by atoms with Crippen LogP contribution in [0.2, 0.25) is 4.13 Å². The third kappa shape index (κ3) is 4.82. The van der Waals surface area contributed by atoms with Crippen molar-refractivity contribution in [3.63, 3.8) is 0 Å². The number of halogens is 2. The molecule has 0 radical (unpaired) electrons. The molecule has 0 bridgehead atoms. The van der Waals surface area contributed by atoms with Crippen LogP contribution in [0.25, 0.3) is 0 Å². The Kier molecular flexibility index (Phi) is 5.51. The Morgan fingerprint density at radius 3 is 2.43 bits per heavy atom. The van der Waals surface area contributed by atoms with E-state index in [1.165, 1.54) is 0 Å². The van der Waals surface area contributed by atoms with Gasteiger partial charge in [-0.15, -0.1) is 0 Å². The number of rotatable bonds is 5. The molecule has 1 aromatic carbocycles. The van der Waals surface area contributed by atoms with E-state index in [1.807, 2.05) is 30.3 Å². The summed E-state index contributed by atoms with van der Waals surface area (Å²) in [5, 5.41) is 0. The summed E-state index contributed by atoms with van der Waals surface area (Å²) in [4.78, 5) is 0. The number of benzene rings is 1. The van der Waals surface area contributed by atoms with Crippen molar-refractivity contribution >= 4 is 17.0 Å². The molecule has 0 amide bonds. The average molecular weight is 312 g/mol. The summed E-state index contributed by atoms with van der Waals surface area (Å²) in [5.41, 5.74) is 0. The molecule has 0 N–H and O–H groups in total. The van der Waals surface area contributed by atoms with Gasteiger partial charge in [0.05, 0.1) is 0 Å². The van der Waals surface area contributed by atoms with E-state index >= 15 is 0 Å². The second-order valence-electron chi connectivity index (χ2n) is 3.16. The van der Waals surface area contributed by atoms with E-state index in [0.29, 0.717) is 0 Å². The van der Waals surface area contributed by atoms with Crippen LogP contribution in [0.5, 0.6) is 5.75 Å². The summed E-state index contributed by atoms with van der Waals surface area (Å²) < 4.78 is 6.50. The molecule has 0 aliphatic carbocycles. The second kappa shape index (κ2) is 6.15. The molecule has 4 heteroatoms. The van der Waals surface area contributed by atoms with Crippen LogP contribution < -0.4 is 2.81 Å². The SMILES string of the molecule is CCC[CH2][Zr]([Cl])([Cl])[O]c1ccccc1. The average Bonchev–Trinajstić information content (AvgIpc) is 2.16. The van der Waals surface area contributed by atoms with Gasteiger partial charge in [-0.05, 0) is 0 Å². The first-order valence-electron chi connectivity index (χ1n) is 4.76. The van der Waals surface area contributed by atoms with E-state index in [0.717, 1.165) is 22.7 Å². The Morgan fingerprint density at radius 2 is 1.86 bits per heavy atom. The summed E-state index contributed by atoms with van der Waals surface area (Å²) in [6, 6.07) is 9.57. The molecule has 1 nitrogen and oxygen atoms in total. The van der Waals surface area contributed by atoms with E-state index < -0.39 is 18.3 Å². The summed E-state index contributed by atoms with van der Waals surface area (Å²) >= 11 is -3.25. The standard InChI is InChI=1S/C6H6O.C4H9.2ClH.Zr/c7-6-4-2-1-3-5-6;1-3-4-2;;;/h1-5,7H;1,3-4H2,2H3;2*1H;/q;;;;+3/p-3. The van der Waals surface area contributed by atoms with Crippen molar-refractivity contribution < 1.29 is 21.1 Å². The third-order valence-corrected chi connectivity index (χ3v) is 8.59. The van der Waals surface area contributed by atoms with Crippen LogP contribution in [0.3, 0.4) is 0 Å². The zero-order valence-electron chi connectivity index (χ0n) is 8.17. The molecule has 0 saturated carbocycles. The van der Waals surface area contributed by atoms with Gasteiger partial charge >= 0.3 is 98.1 Å². The van der Waals surface area contributed by atoms with E-state index in [2.05, 4.69) is 6.92 Å². The van der Waals surface area contributed by atoms with Gasteiger partial charge in [-0.3, -0.25) is 0 Å². The van der Waals surface area contributed by atoms with Crippen molar-refractivity contribution in [2.24, 2.45) is 0 Å². The summed E-state index contributed by atoms with van der Waals surface area (Å²) in [6.45, 7) is 2.12. The Morgan fingerprint density at radius 1 is 1.21 bits per heavy atom. The maximum absolute atomic E-state index is 6.20. The molecule has 0 aromatic heterocycles. The molecule has 1 aromatic rings. The molecular weight excluding hydrogens is 298 g/mol. The van der Waals surface area contributed by atoms with Crippen molar-refractivity contribution in [3.05, 3.63) is 30.3 Å². The van der Waals surface area contributed by atoms with Gasteiger partial charge in [-0.25, -0.2) is 0 Å². The molecule has 0 spiro atoms. The number of unbranched alkanes of at least 4 members (excludes halogenated alkanes) is 1. The van der Waals surface area contributed by atoms with E-state index in [9.17, 15) is 0 Å². The fourth-order valence-corrected chi connectivity index (χ4v) is 7.04. The van der Waals surface area contributed by atoms with Gasteiger partial charge in [0.1, 0.15) is 0 Å². The Hall–Kier alpha value is 0.483. The number of hydrogen-bond donors (Lipinski definition) is 0. The Labute approximate surface area is 97.5 Å². The molecule has 0 heterocycles. The number of para-hydroxylation sites is 1. The van der Waals surface area contributed by atoms with Crippen LogP contribution in [-0.4, -0.2) is 0 Å². The molecule has 0 fully saturated rings. The van der Waals surface area contributed by atoms with Crippen LogP contribution in [-0.2, 0) is 18.3 Å². The van der Waals surface area contributed by atoms with Gasteiger partial charge in [0, 0.05) is 0 Å². The van der Waals surface area contributed by atoms with Gasteiger partial charge in [0.15, 0.2) is 0 Å². The minimum atomic E-state index is -3.25. The van der Waals surface area contributed by atoms with Gasteiger partial charge in [0.2, 0.25) is 0 Å². The van der Waals surface area contributed by atoms with E-state index in [1.54, 1.807) is 0 Å². The zero-order valence-corrected chi connectivity index (χ0v) is 12.1. The van der Waals surface area contributed by atoms with Crippen LogP contribution in [0.4, 0.5) is 0 Å². The first-order valence-corrected chi connectivity index (χ1v) is 13.8. The quantitative estimate of drug-likeness (QED) is 0.768. The molecule has 0 aliphatic rings. The summed E-state index contributed by atoms with van der Waals surface area (Å²) in [6.07, 6.45) is 2.16. The fourth-order valence-electron chi connectivity index (χ4n) is 1.09. The normalized spacial score (nSPS) is 11.4. The van der Waals surface area contributed by atoms with Gasteiger partial charge in [0.25, 0.3) is 0 Å². The third-order valence-electron chi connectivity index (χ3n) is 1.83. The number of hydrogen-bond acceptors (Lipinski definition) is 1. The topological polar surface area (TPSA) is 9.23 Å². The monoisotopic (exact) mass is 310 g/mol. The van der Waals surface area contributed by atoms with Crippen molar-refractivity contribution in [3.8, 4) is 5.75 Å². The molecule has 0 atom stereocenters. The molecule has 0 saturated heterocycles. The van der Waals surface area contributed by atoms with Crippen LogP contribution in [0, 0.1) is 0 Å². The van der Waals surface area contributed by atoms with E-state index in [-0.39, 0.29) is 0 Å². The van der Waals surface area contributed by atoms with E-state index in [4.69, 9.17) is 19.8 Å². The maximum atomic E-state index is 6.20. The van der Waals surface area contributed by atoms with Crippen LogP contribution >= 0.6 is 17.0 Å². The molecule has 0 unspecified atom stereocenters. The second-order valence-corrected chi connectivity index (χ2v) is 16.4. The minimum absolute atomic E-state index is 0.796. The Bertz CT molecular complexity index is 264. The molecule has 1 rings (SSSR count). The van der Waals surface area contributed by atoms with Crippen molar-refractivity contribution in [2.75, 3.05) is 0 Å². The molecule has 78 valence electrons. The molecular formula is C10H14Cl2OZr.